The van der Waals surface area contributed by atoms with Crippen molar-refractivity contribution in [1.29, 1.82) is 5.26 Å². The molecular formula is C25H44N8O5. The van der Waals surface area contributed by atoms with E-state index in [4.69, 9.17) is 36.0 Å². The number of rotatable bonds is 5. The number of nitriles is 1. The number of guanidine groups is 1. The fraction of sp³-hybridized carbons (Fsp3) is 0.840. The van der Waals surface area contributed by atoms with Crippen LogP contribution in [-0.4, -0.2) is 106 Å². The van der Waals surface area contributed by atoms with E-state index < -0.39 is 0 Å². The van der Waals surface area contributed by atoms with Gasteiger partial charge in [0.15, 0.2) is 6.19 Å². The molecule has 6 N–H and O–H groups in total. The fourth-order valence-corrected chi connectivity index (χ4v) is 4.79. The molecule has 0 amide bonds. The second-order valence-corrected chi connectivity index (χ2v) is 10.6. The van der Waals surface area contributed by atoms with Gasteiger partial charge in [-0.2, -0.15) is 10.2 Å². The minimum absolute atomic E-state index is 0.173. The summed E-state index contributed by atoms with van der Waals surface area (Å²) in [6.45, 7) is 5.84. The Morgan fingerprint density at radius 3 is 1.82 bits per heavy atom. The summed E-state index contributed by atoms with van der Waals surface area (Å²) in [7, 11) is 0. The van der Waals surface area contributed by atoms with Gasteiger partial charge in [0.2, 0.25) is 11.9 Å². The number of hydrogen-bond donors (Lipinski definition) is 5. The zero-order valence-corrected chi connectivity index (χ0v) is 22.2. The van der Waals surface area contributed by atoms with Gasteiger partial charge in [0.05, 0.1) is 0 Å². The molecule has 0 atom stereocenters. The highest BCUT2D eigenvalue weighted by atomic mass is 16.5. The average molecular weight is 537 g/mol. The van der Waals surface area contributed by atoms with Crippen LogP contribution in [0.3, 0.4) is 0 Å². The van der Waals surface area contributed by atoms with Crippen molar-refractivity contribution in [2.75, 3.05) is 64.0 Å². The number of oxime groups is 1. The first-order chi connectivity index (χ1) is 18.5. The number of anilines is 1. The van der Waals surface area contributed by atoms with Crippen LogP contribution in [0.1, 0.15) is 63.2 Å². The number of piperidine rings is 3. The van der Waals surface area contributed by atoms with Gasteiger partial charge in [-0.25, -0.2) is 0 Å². The zero-order valence-electron chi connectivity index (χ0n) is 22.2. The van der Waals surface area contributed by atoms with Crippen LogP contribution in [0.5, 0.6) is 0 Å². The molecule has 0 aromatic carbocycles. The molecule has 0 radical (unpaired) electrons. The molecule has 1 saturated carbocycles. The van der Waals surface area contributed by atoms with Crippen molar-refractivity contribution in [3.8, 4) is 6.19 Å². The molecule has 0 spiro atoms. The Labute approximate surface area is 224 Å². The summed E-state index contributed by atoms with van der Waals surface area (Å²) < 4.78 is 5.24. The summed E-state index contributed by atoms with van der Waals surface area (Å²) in [6.07, 6.45) is 10.3. The summed E-state index contributed by atoms with van der Waals surface area (Å²) in [4.78, 5) is 10.1. The van der Waals surface area contributed by atoms with Crippen LogP contribution in [0.4, 0.5) is 5.95 Å². The van der Waals surface area contributed by atoms with E-state index in [9.17, 15) is 0 Å². The molecule has 13 heteroatoms. The van der Waals surface area contributed by atoms with Crippen molar-refractivity contribution in [3.05, 3.63) is 5.89 Å². The molecule has 3 aliphatic heterocycles. The third-order valence-electron chi connectivity index (χ3n) is 7.83. The standard InChI is InChI=1S/C11H17N3O2.C7H15N3O2.C7H12N2O/c15-7-8-3-5-14(6-4-8)11-12-10(16-13-11)9-1-2-9;8-7(9-12)10-3-1-6(5-11)2-4-10;8-6-9-3-1-7(5-10)2-4-9/h8-9,15H,1-7H2;6,11-12H,1-5H2,(H2,8,9);7,10H,1-5H2. The third kappa shape index (κ3) is 9.18. The Hall–Kier alpha value is -2.82. The average Bonchev–Trinajstić information content (AvgIpc) is 3.73. The molecule has 4 aliphatic rings. The summed E-state index contributed by atoms with van der Waals surface area (Å²) >= 11 is 0. The minimum Gasteiger partial charge on any atom is -0.408 e. The lowest BCUT2D eigenvalue weighted by atomic mass is 9.98. The van der Waals surface area contributed by atoms with Crippen molar-refractivity contribution >= 4 is 11.9 Å². The van der Waals surface area contributed by atoms with E-state index in [0.29, 0.717) is 30.3 Å². The van der Waals surface area contributed by atoms with Gasteiger partial charge < -0.3 is 45.5 Å². The van der Waals surface area contributed by atoms with Gasteiger partial charge in [0.25, 0.3) is 5.95 Å². The SMILES string of the molecule is N#CN1CCC(CO)CC1.N/C(=N\O)N1CCC(CO)CC1.OCC1CCN(c2noc(C3CC3)n2)CC1. The van der Waals surface area contributed by atoms with Gasteiger partial charge in [0, 0.05) is 65.0 Å². The Morgan fingerprint density at radius 1 is 0.868 bits per heavy atom. The normalized spacial score (nSPS) is 21.7. The van der Waals surface area contributed by atoms with E-state index in [-0.39, 0.29) is 19.2 Å². The Kier molecular flexibility index (Phi) is 12.2. The Bertz CT molecular complexity index is 865. The summed E-state index contributed by atoms with van der Waals surface area (Å²) in [5.74, 6) is 3.50. The van der Waals surface area contributed by atoms with Gasteiger partial charge in [0.1, 0.15) is 0 Å². The highest BCUT2D eigenvalue weighted by molar-refractivity contribution is 5.77. The molecule has 1 aromatic heterocycles. The lowest BCUT2D eigenvalue weighted by Crippen LogP contribution is -2.43. The largest absolute Gasteiger partial charge is 0.408 e. The van der Waals surface area contributed by atoms with Crippen LogP contribution in [-0.2, 0) is 0 Å². The molecular weight excluding hydrogens is 492 g/mol. The molecule has 13 nitrogen and oxygen atoms in total. The fourth-order valence-electron chi connectivity index (χ4n) is 4.79. The highest BCUT2D eigenvalue weighted by Crippen LogP contribution is 2.39. The number of likely N-dealkylation sites (tertiary alicyclic amines) is 2. The molecule has 1 aromatic rings. The number of aliphatic hydroxyl groups excluding tert-OH is 3. The predicted molar refractivity (Wildman–Crippen MR) is 140 cm³/mol. The van der Waals surface area contributed by atoms with Gasteiger partial charge in [-0.15, -0.1) is 0 Å². The highest BCUT2D eigenvalue weighted by Gasteiger charge is 2.31. The van der Waals surface area contributed by atoms with E-state index in [1.165, 1.54) is 12.8 Å². The molecule has 0 bridgehead atoms. The van der Waals surface area contributed by atoms with E-state index in [2.05, 4.69) is 26.4 Å². The molecule has 4 heterocycles. The first-order valence-corrected chi connectivity index (χ1v) is 13.8. The van der Waals surface area contributed by atoms with Gasteiger partial charge in [-0.1, -0.05) is 5.16 Å². The number of aliphatic hydroxyl groups is 3. The molecule has 5 rings (SSSR count). The Morgan fingerprint density at radius 2 is 1.37 bits per heavy atom. The Balaban J connectivity index is 0.000000164. The van der Waals surface area contributed by atoms with Gasteiger partial charge >= 0.3 is 0 Å². The first kappa shape index (κ1) is 29.7. The van der Waals surface area contributed by atoms with Crippen LogP contribution >= 0.6 is 0 Å². The molecule has 0 unspecified atom stereocenters. The molecule has 38 heavy (non-hydrogen) atoms. The smallest absolute Gasteiger partial charge is 0.266 e. The monoisotopic (exact) mass is 536 g/mol. The zero-order chi connectivity index (χ0) is 27.3. The topological polar surface area (TPSA) is 192 Å². The minimum atomic E-state index is 0.173. The van der Waals surface area contributed by atoms with Crippen molar-refractivity contribution in [2.24, 2.45) is 28.6 Å². The maximum absolute atomic E-state index is 9.06. The maximum Gasteiger partial charge on any atom is 0.266 e. The lowest BCUT2D eigenvalue weighted by molar-refractivity contribution is 0.161. The van der Waals surface area contributed by atoms with Crippen LogP contribution < -0.4 is 10.6 Å². The van der Waals surface area contributed by atoms with Crippen molar-refractivity contribution in [2.45, 2.75) is 57.3 Å². The molecule has 214 valence electrons. The van der Waals surface area contributed by atoms with E-state index in [1.807, 2.05) is 4.90 Å². The maximum atomic E-state index is 9.06. The van der Waals surface area contributed by atoms with Crippen LogP contribution in [0, 0.1) is 29.2 Å². The summed E-state index contributed by atoms with van der Waals surface area (Å²) in [6, 6.07) is 0. The van der Waals surface area contributed by atoms with Crippen LogP contribution in [0.15, 0.2) is 9.68 Å². The number of aromatic nitrogens is 2. The van der Waals surface area contributed by atoms with Crippen LogP contribution in [0.25, 0.3) is 0 Å². The third-order valence-corrected chi connectivity index (χ3v) is 7.83. The summed E-state index contributed by atoms with van der Waals surface area (Å²) in [5.41, 5.74) is 5.40. The second-order valence-electron chi connectivity index (χ2n) is 10.6. The lowest BCUT2D eigenvalue weighted by Gasteiger charge is -2.30. The molecule has 1 aliphatic carbocycles. The first-order valence-electron chi connectivity index (χ1n) is 13.8. The van der Waals surface area contributed by atoms with Gasteiger partial charge in [-0.3, -0.25) is 0 Å². The van der Waals surface area contributed by atoms with Gasteiger partial charge in [-0.05, 0) is 74.3 Å². The van der Waals surface area contributed by atoms with Crippen molar-refractivity contribution < 1.29 is 25.0 Å². The summed E-state index contributed by atoms with van der Waals surface area (Å²) in [5, 5.41) is 50.5. The van der Waals surface area contributed by atoms with E-state index in [0.717, 1.165) is 89.6 Å². The number of nitrogens with two attached hydrogens (primary N) is 1. The van der Waals surface area contributed by atoms with E-state index >= 15 is 0 Å². The molecule has 3 saturated heterocycles. The van der Waals surface area contributed by atoms with Crippen molar-refractivity contribution in [3.63, 3.8) is 0 Å². The predicted octanol–water partition coefficient (Wildman–Crippen LogP) is 0.722. The number of nitrogens with zero attached hydrogens (tertiary/aromatic N) is 7. The van der Waals surface area contributed by atoms with Crippen molar-refractivity contribution in [1.82, 2.24) is 19.9 Å². The molecule has 4 fully saturated rings. The quantitative estimate of drug-likeness (QED) is 0.117. The second kappa shape index (κ2) is 15.6. The van der Waals surface area contributed by atoms with Crippen LogP contribution in [0.2, 0.25) is 0 Å². The van der Waals surface area contributed by atoms with E-state index in [1.54, 1.807) is 4.90 Å². The number of hydrogen-bond acceptors (Lipinski definition) is 11.